The summed E-state index contributed by atoms with van der Waals surface area (Å²) in [6.07, 6.45) is 6.12. The molecule has 0 aliphatic carbocycles. The molecule has 2 aromatic heterocycles. The van der Waals surface area contributed by atoms with Crippen LogP contribution < -0.4 is 4.90 Å². The highest BCUT2D eigenvalue weighted by Crippen LogP contribution is 2.26. The fourth-order valence-corrected chi connectivity index (χ4v) is 3.32. The Morgan fingerprint density at radius 3 is 3.05 bits per heavy atom. The van der Waals surface area contributed by atoms with Gasteiger partial charge in [0, 0.05) is 44.6 Å². The van der Waals surface area contributed by atoms with Crippen LogP contribution in [0, 0.1) is 31.1 Å². The van der Waals surface area contributed by atoms with Crippen molar-refractivity contribution in [2.24, 2.45) is 5.92 Å². The number of hydrogen-bond donors (Lipinski definition) is 0. The lowest BCUT2D eigenvalue weighted by molar-refractivity contribution is 0.369. The van der Waals surface area contributed by atoms with Crippen molar-refractivity contribution >= 4 is 5.69 Å². The summed E-state index contributed by atoms with van der Waals surface area (Å²) in [4.78, 5) is 11.0. The summed E-state index contributed by atoms with van der Waals surface area (Å²) in [6.45, 7) is 5.82. The molecule has 0 bridgehead atoms. The van der Waals surface area contributed by atoms with E-state index in [1.165, 1.54) is 5.82 Å². The Kier molecular flexibility index (Phi) is 3.84. The number of aromatic nitrogens is 3. The van der Waals surface area contributed by atoms with Crippen LogP contribution in [0.2, 0.25) is 0 Å². The fourth-order valence-electron chi connectivity index (χ4n) is 3.32. The summed E-state index contributed by atoms with van der Waals surface area (Å²) < 4.78 is 2.25. The van der Waals surface area contributed by atoms with Gasteiger partial charge in [-0.15, -0.1) is 0 Å². The van der Waals surface area contributed by atoms with Crippen LogP contribution in [-0.2, 0) is 13.0 Å². The smallest absolute Gasteiger partial charge is 0.108 e. The molecule has 0 radical (unpaired) electrons. The van der Waals surface area contributed by atoms with E-state index in [1.54, 1.807) is 0 Å². The topological polar surface area (TPSA) is 57.7 Å². The van der Waals surface area contributed by atoms with Crippen molar-refractivity contribution in [3.8, 4) is 6.07 Å². The van der Waals surface area contributed by atoms with Gasteiger partial charge < -0.3 is 9.47 Å². The minimum atomic E-state index is 0.576. The van der Waals surface area contributed by atoms with Gasteiger partial charge in [0.05, 0.1) is 16.9 Å². The summed E-state index contributed by atoms with van der Waals surface area (Å²) in [5.74, 6) is 1.76. The molecule has 1 atom stereocenters. The van der Waals surface area contributed by atoms with E-state index < -0.39 is 0 Å². The van der Waals surface area contributed by atoms with Crippen LogP contribution in [0.15, 0.2) is 18.5 Å². The van der Waals surface area contributed by atoms with Crippen LogP contribution in [0.5, 0.6) is 0 Å². The number of fused-ring (bicyclic) bond motifs is 1. The normalized spacial score (nSPS) is 16.9. The largest absolute Gasteiger partial charge is 0.373 e. The van der Waals surface area contributed by atoms with E-state index in [0.29, 0.717) is 11.5 Å². The van der Waals surface area contributed by atoms with E-state index in [9.17, 15) is 5.26 Å². The fraction of sp³-hybridized carbons (Fsp3) is 0.471. The minimum absolute atomic E-state index is 0.576. The van der Waals surface area contributed by atoms with Crippen molar-refractivity contribution in [2.45, 2.75) is 33.2 Å². The van der Waals surface area contributed by atoms with E-state index in [1.807, 2.05) is 26.1 Å². The van der Waals surface area contributed by atoms with E-state index in [0.717, 1.165) is 43.0 Å². The van der Waals surface area contributed by atoms with Crippen LogP contribution in [0.1, 0.15) is 29.2 Å². The molecule has 0 aromatic carbocycles. The third-order valence-corrected chi connectivity index (χ3v) is 4.40. The minimum Gasteiger partial charge on any atom is -0.373 e. The van der Waals surface area contributed by atoms with E-state index in [2.05, 4.69) is 38.7 Å². The van der Waals surface area contributed by atoms with Gasteiger partial charge in [-0.3, -0.25) is 4.98 Å². The third kappa shape index (κ3) is 2.69. The van der Waals surface area contributed by atoms with Crippen LogP contribution in [0.25, 0.3) is 0 Å². The molecule has 0 N–H and O–H groups in total. The number of rotatable bonds is 3. The highest BCUT2D eigenvalue weighted by atomic mass is 15.1. The predicted molar refractivity (Wildman–Crippen MR) is 85.7 cm³/mol. The SMILES string of the molecule is Cc1cc(N(C)CC2CCc3nccn3C2)c(C#N)c(C)n1. The number of pyridine rings is 1. The summed E-state index contributed by atoms with van der Waals surface area (Å²) in [6, 6.07) is 4.31. The van der Waals surface area contributed by atoms with Gasteiger partial charge in [0.25, 0.3) is 0 Å². The van der Waals surface area contributed by atoms with Crippen LogP contribution >= 0.6 is 0 Å². The lowest BCUT2D eigenvalue weighted by atomic mass is 9.98. The first-order valence-electron chi connectivity index (χ1n) is 7.68. The summed E-state index contributed by atoms with van der Waals surface area (Å²) in [5, 5.41) is 9.42. The molecule has 0 amide bonds. The first-order chi connectivity index (χ1) is 10.6. The van der Waals surface area contributed by atoms with Gasteiger partial charge in [-0.05, 0) is 32.3 Å². The van der Waals surface area contributed by atoms with Gasteiger partial charge >= 0.3 is 0 Å². The average Bonchev–Trinajstić information content (AvgIpc) is 2.94. The molecule has 1 unspecified atom stereocenters. The van der Waals surface area contributed by atoms with Crippen molar-refractivity contribution in [1.82, 2.24) is 14.5 Å². The highest BCUT2D eigenvalue weighted by Gasteiger charge is 2.21. The molecule has 5 heteroatoms. The Balaban J connectivity index is 1.78. The standard InChI is InChI=1S/C17H21N5/c1-12-8-16(15(9-18)13(2)20-12)21(3)10-14-4-5-17-19-6-7-22(17)11-14/h6-8,14H,4-5,10-11H2,1-3H3. The van der Waals surface area contributed by atoms with Gasteiger partial charge in [-0.1, -0.05) is 0 Å². The molecule has 0 fully saturated rings. The van der Waals surface area contributed by atoms with Gasteiger partial charge in [-0.2, -0.15) is 5.26 Å². The summed E-state index contributed by atoms with van der Waals surface area (Å²) in [7, 11) is 2.07. The predicted octanol–water partition coefficient (Wildman–Crippen LogP) is 2.47. The second-order valence-corrected chi connectivity index (χ2v) is 6.14. The van der Waals surface area contributed by atoms with Crippen molar-refractivity contribution in [2.75, 3.05) is 18.5 Å². The second kappa shape index (κ2) is 5.80. The van der Waals surface area contributed by atoms with E-state index in [4.69, 9.17) is 0 Å². The molecule has 3 rings (SSSR count). The maximum atomic E-state index is 9.42. The molecular weight excluding hydrogens is 274 g/mol. The number of aryl methyl sites for hydroxylation is 3. The monoisotopic (exact) mass is 295 g/mol. The van der Waals surface area contributed by atoms with Gasteiger partial charge in [0.2, 0.25) is 0 Å². The zero-order chi connectivity index (χ0) is 15.7. The molecule has 0 saturated heterocycles. The second-order valence-electron chi connectivity index (χ2n) is 6.14. The third-order valence-electron chi connectivity index (χ3n) is 4.40. The number of hydrogen-bond acceptors (Lipinski definition) is 4. The van der Waals surface area contributed by atoms with Crippen LogP contribution in [0.3, 0.4) is 0 Å². The number of nitriles is 1. The lowest BCUT2D eigenvalue weighted by Gasteiger charge is -2.30. The molecule has 0 saturated carbocycles. The van der Waals surface area contributed by atoms with Crippen molar-refractivity contribution in [3.05, 3.63) is 41.2 Å². The number of nitrogens with zero attached hydrogens (tertiary/aromatic N) is 5. The first kappa shape index (κ1) is 14.6. The van der Waals surface area contributed by atoms with Crippen molar-refractivity contribution < 1.29 is 0 Å². The van der Waals surface area contributed by atoms with E-state index in [-0.39, 0.29) is 0 Å². The maximum Gasteiger partial charge on any atom is 0.108 e. The molecule has 2 aromatic rings. The van der Waals surface area contributed by atoms with Crippen molar-refractivity contribution in [1.29, 1.82) is 5.26 Å². The zero-order valence-electron chi connectivity index (χ0n) is 13.4. The van der Waals surface area contributed by atoms with Gasteiger partial charge in [-0.25, -0.2) is 4.98 Å². The summed E-state index contributed by atoms with van der Waals surface area (Å²) in [5.41, 5.74) is 3.44. The molecule has 3 heterocycles. The number of imidazole rings is 1. The molecule has 1 aliphatic heterocycles. The Hall–Kier alpha value is -2.35. The average molecular weight is 295 g/mol. The van der Waals surface area contributed by atoms with Gasteiger partial charge in [0.15, 0.2) is 0 Å². The molecule has 5 nitrogen and oxygen atoms in total. The van der Waals surface area contributed by atoms with Crippen LogP contribution in [0.4, 0.5) is 5.69 Å². The molecular formula is C17H21N5. The quantitative estimate of drug-likeness (QED) is 0.873. The maximum absolute atomic E-state index is 9.42. The molecule has 1 aliphatic rings. The summed E-state index contributed by atoms with van der Waals surface area (Å²) >= 11 is 0. The molecule has 22 heavy (non-hydrogen) atoms. The molecule has 114 valence electrons. The highest BCUT2D eigenvalue weighted by molar-refractivity contribution is 5.61. The Bertz CT molecular complexity index is 725. The molecule has 0 spiro atoms. The van der Waals surface area contributed by atoms with Crippen molar-refractivity contribution in [3.63, 3.8) is 0 Å². The Morgan fingerprint density at radius 2 is 2.27 bits per heavy atom. The zero-order valence-corrected chi connectivity index (χ0v) is 13.4. The first-order valence-corrected chi connectivity index (χ1v) is 7.68. The lowest BCUT2D eigenvalue weighted by Crippen LogP contribution is -2.32. The van der Waals surface area contributed by atoms with Gasteiger partial charge in [0.1, 0.15) is 11.9 Å². The number of anilines is 1. The Morgan fingerprint density at radius 1 is 1.45 bits per heavy atom. The van der Waals surface area contributed by atoms with Crippen LogP contribution in [-0.4, -0.2) is 28.1 Å². The van der Waals surface area contributed by atoms with E-state index >= 15 is 0 Å². The Labute approximate surface area is 131 Å².